The molecule has 2 aliphatic rings. The van der Waals surface area contributed by atoms with Gasteiger partial charge in [-0.3, -0.25) is 4.79 Å². The smallest absolute Gasteiger partial charge is 0.251 e. The molecule has 1 saturated carbocycles. The van der Waals surface area contributed by atoms with Crippen molar-refractivity contribution < 1.29 is 9.53 Å². The third-order valence-electron chi connectivity index (χ3n) is 4.89. The third kappa shape index (κ3) is 3.52. The van der Waals surface area contributed by atoms with Gasteiger partial charge in [-0.1, -0.05) is 0 Å². The van der Waals surface area contributed by atoms with Gasteiger partial charge in [-0.2, -0.15) is 0 Å². The minimum Gasteiger partial charge on any atom is -0.378 e. The van der Waals surface area contributed by atoms with E-state index in [2.05, 4.69) is 21.3 Å². The number of morpholine rings is 1. The van der Waals surface area contributed by atoms with Crippen molar-refractivity contribution in [2.45, 2.75) is 18.9 Å². The summed E-state index contributed by atoms with van der Waals surface area (Å²) >= 11 is 1.59. The van der Waals surface area contributed by atoms with Gasteiger partial charge in [-0.15, -0.1) is 11.3 Å². The lowest BCUT2D eigenvalue weighted by molar-refractivity contribution is 0.0951. The first kappa shape index (κ1) is 16.6. The summed E-state index contributed by atoms with van der Waals surface area (Å²) < 4.78 is 6.41. The number of hydrogen-bond acceptors (Lipinski definition) is 6. The van der Waals surface area contributed by atoms with Crippen LogP contribution < -0.4 is 10.2 Å². The molecule has 3 heterocycles. The molecule has 0 radical (unpaired) electrons. The summed E-state index contributed by atoms with van der Waals surface area (Å²) in [6.45, 7) is 3.24. The number of carbonyl (C=O) groups is 1. The molecule has 0 unspecified atom stereocenters. The van der Waals surface area contributed by atoms with Crippen molar-refractivity contribution in [1.29, 1.82) is 0 Å². The maximum absolute atomic E-state index is 12.3. The zero-order valence-corrected chi connectivity index (χ0v) is 15.7. The van der Waals surface area contributed by atoms with Crippen LogP contribution >= 0.6 is 11.3 Å². The Bertz CT molecular complexity index is 975. The van der Waals surface area contributed by atoms with Crippen LogP contribution in [0.4, 0.5) is 5.82 Å². The predicted molar refractivity (Wildman–Crippen MR) is 106 cm³/mol. The Morgan fingerprint density at radius 2 is 2.04 bits per heavy atom. The molecule has 138 valence electrons. The van der Waals surface area contributed by atoms with Gasteiger partial charge in [0.15, 0.2) is 0 Å². The van der Waals surface area contributed by atoms with Crippen LogP contribution in [0.15, 0.2) is 36.5 Å². The lowest BCUT2D eigenvalue weighted by atomic mass is 10.2. The largest absolute Gasteiger partial charge is 0.378 e. The number of benzene rings is 1. The van der Waals surface area contributed by atoms with E-state index in [9.17, 15) is 4.79 Å². The Hall–Kier alpha value is -2.51. The maximum atomic E-state index is 12.3. The molecule has 5 rings (SSSR count). The van der Waals surface area contributed by atoms with Gasteiger partial charge in [0.25, 0.3) is 5.91 Å². The van der Waals surface area contributed by atoms with Crippen LogP contribution in [-0.4, -0.2) is 48.2 Å². The average molecular weight is 380 g/mol. The second-order valence-electron chi connectivity index (χ2n) is 6.95. The van der Waals surface area contributed by atoms with E-state index in [0.29, 0.717) is 11.6 Å². The fraction of sp³-hybridized carbons (Fsp3) is 0.350. The summed E-state index contributed by atoms with van der Waals surface area (Å²) in [6, 6.07) is 10.2. The standard InChI is InChI=1S/C20H20N4O2S/c25-19(22-15-3-4-15)13-1-5-16-17(11-13)27-20(23-16)14-2-6-18(21-12-14)24-7-9-26-10-8-24/h1-2,5-6,11-12,15H,3-4,7-10H2,(H,22,25). The number of thiazole rings is 1. The summed E-state index contributed by atoms with van der Waals surface area (Å²) in [5.74, 6) is 0.980. The van der Waals surface area contributed by atoms with Crippen LogP contribution in [0.1, 0.15) is 23.2 Å². The van der Waals surface area contributed by atoms with E-state index in [4.69, 9.17) is 9.72 Å². The molecule has 27 heavy (non-hydrogen) atoms. The second kappa shape index (κ2) is 6.90. The second-order valence-corrected chi connectivity index (χ2v) is 7.98. The monoisotopic (exact) mass is 380 g/mol. The molecule has 1 saturated heterocycles. The summed E-state index contributed by atoms with van der Waals surface area (Å²) in [5.41, 5.74) is 2.61. The molecule has 6 nitrogen and oxygen atoms in total. The van der Waals surface area contributed by atoms with Crippen LogP contribution in [0.3, 0.4) is 0 Å². The minimum atomic E-state index is 0.00545. The highest BCUT2D eigenvalue weighted by Crippen LogP contribution is 2.31. The van der Waals surface area contributed by atoms with Gasteiger partial charge in [0.05, 0.1) is 23.4 Å². The number of rotatable bonds is 4. The van der Waals surface area contributed by atoms with Crippen molar-refractivity contribution in [1.82, 2.24) is 15.3 Å². The van der Waals surface area contributed by atoms with Crippen molar-refractivity contribution in [3.63, 3.8) is 0 Å². The van der Waals surface area contributed by atoms with Crippen molar-refractivity contribution >= 4 is 33.3 Å². The van der Waals surface area contributed by atoms with Gasteiger partial charge in [0, 0.05) is 36.5 Å². The number of nitrogens with zero attached hydrogens (tertiary/aromatic N) is 3. The van der Waals surface area contributed by atoms with Gasteiger partial charge in [0.2, 0.25) is 0 Å². The molecule has 7 heteroatoms. The molecule has 0 bridgehead atoms. The number of hydrogen-bond donors (Lipinski definition) is 1. The molecule has 2 fully saturated rings. The molecular formula is C20H20N4O2S. The minimum absolute atomic E-state index is 0.00545. The van der Waals surface area contributed by atoms with E-state index in [1.165, 1.54) is 0 Å². The van der Waals surface area contributed by atoms with Crippen molar-refractivity contribution in [3.8, 4) is 10.6 Å². The molecule has 1 N–H and O–H groups in total. The zero-order chi connectivity index (χ0) is 18.2. The van der Waals surface area contributed by atoms with Gasteiger partial charge >= 0.3 is 0 Å². The van der Waals surface area contributed by atoms with Crippen LogP contribution in [-0.2, 0) is 4.74 Å². The Morgan fingerprint density at radius 1 is 1.19 bits per heavy atom. The van der Waals surface area contributed by atoms with Gasteiger partial charge < -0.3 is 15.0 Å². The molecule has 2 aromatic heterocycles. The molecule has 0 atom stereocenters. The SMILES string of the molecule is O=C(NC1CC1)c1ccc2nc(-c3ccc(N4CCOCC4)nc3)sc2c1. The van der Waals surface area contributed by atoms with Gasteiger partial charge in [-0.05, 0) is 43.2 Å². The topological polar surface area (TPSA) is 67.4 Å². The first-order chi connectivity index (χ1) is 13.3. The number of anilines is 1. The molecule has 1 aromatic carbocycles. The number of aromatic nitrogens is 2. The van der Waals surface area contributed by atoms with E-state index >= 15 is 0 Å². The third-order valence-corrected chi connectivity index (χ3v) is 5.96. The maximum Gasteiger partial charge on any atom is 0.251 e. The summed E-state index contributed by atoms with van der Waals surface area (Å²) in [7, 11) is 0. The van der Waals surface area contributed by atoms with E-state index in [0.717, 1.165) is 65.8 Å². The van der Waals surface area contributed by atoms with E-state index in [-0.39, 0.29) is 5.91 Å². The van der Waals surface area contributed by atoms with Crippen molar-refractivity contribution in [3.05, 3.63) is 42.1 Å². The molecule has 3 aromatic rings. The van der Waals surface area contributed by atoms with Crippen molar-refractivity contribution in [2.75, 3.05) is 31.2 Å². The van der Waals surface area contributed by atoms with Crippen LogP contribution in [0.25, 0.3) is 20.8 Å². The highest BCUT2D eigenvalue weighted by molar-refractivity contribution is 7.21. The van der Waals surface area contributed by atoms with Gasteiger partial charge in [0.1, 0.15) is 10.8 Å². The van der Waals surface area contributed by atoms with Crippen LogP contribution in [0.2, 0.25) is 0 Å². The lowest BCUT2D eigenvalue weighted by Crippen LogP contribution is -2.36. The van der Waals surface area contributed by atoms with Crippen LogP contribution in [0.5, 0.6) is 0 Å². The number of ether oxygens (including phenoxy) is 1. The summed E-state index contributed by atoms with van der Waals surface area (Å²) in [4.78, 5) is 23.8. The normalized spacial score (nSPS) is 17.3. The fourth-order valence-electron chi connectivity index (χ4n) is 3.18. The Labute approximate surface area is 161 Å². The first-order valence-corrected chi connectivity index (χ1v) is 10.1. The Morgan fingerprint density at radius 3 is 2.78 bits per heavy atom. The molecular weight excluding hydrogens is 360 g/mol. The highest BCUT2D eigenvalue weighted by atomic mass is 32.1. The molecule has 1 aliphatic carbocycles. The number of amides is 1. The Balaban J connectivity index is 1.38. The number of pyridine rings is 1. The number of fused-ring (bicyclic) bond motifs is 1. The Kier molecular flexibility index (Phi) is 4.26. The van der Waals surface area contributed by atoms with E-state index in [1.807, 2.05) is 30.5 Å². The van der Waals surface area contributed by atoms with E-state index < -0.39 is 0 Å². The highest BCUT2D eigenvalue weighted by Gasteiger charge is 2.24. The average Bonchev–Trinajstić information content (AvgIpc) is 3.43. The predicted octanol–water partition coefficient (Wildman–Crippen LogP) is 3.09. The van der Waals surface area contributed by atoms with E-state index in [1.54, 1.807) is 11.3 Å². The summed E-state index contributed by atoms with van der Waals surface area (Å²) in [6.07, 6.45) is 4.06. The number of carbonyl (C=O) groups excluding carboxylic acids is 1. The quantitative estimate of drug-likeness (QED) is 0.753. The van der Waals surface area contributed by atoms with Crippen molar-refractivity contribution in [2.24, 2.45) is 0 Å². The number of nitrogens with one attached hydrogen (secondary N) is 1. The molecule has 1 aliphatic heterocycles. The zero-order valence-electron chi connectivity index (χ0n) is 14.9. The van der Waals surface area contributed by atoms with Crippen LogP contribution in [0, 0.1) is 0 Å². The molecule has 1 amide bonds. The fourth-order valence-corrected chi connectivity index (χ4v) is 4.17. The first-order valence-electron chi connectivity index (χ1n) is 9.27. The summed E-state index contributed by atoms with van der Waals surface area (Å²) in [5, 5.41) is 3.95. The molecule has 0 spiro atoms. The van der Waals surface area contributed by atoms with Gasteiger partial charge in [-0.25, -0.2) is 9.97 Å². The lowest BCUT2D eigenvalue weighted by Gasteiger charge is -2.27.